The van der Waals surface area contributed by atoms with E-state index in [4.69, 9.17) is 5.73 Å². The molecule has 3 heteroatoms. The minimum Gasteiger partial charge on any atom is -0.338 e. The van der Waals surface area contributed by atoms with Gasteiger partial charge in [0.25, 0.3) is 0 Å². The van der Waals surface area contributed by atoms with Crippen LogP contribution in [0.2, 0.25) is 0 Å². The summed E-state index contributed by atoms with van der Waals surface area (Å²) in [5.41, 5.74) is 6.79. The molecule has 1 amide bonds. The first kappa shape index (κ1) is 10.9. The van der Waals surface area contributed by atoms with E-state index < -0.39 is 0 Å². The molecule has 0 aromatic heterocycles. The fourth-order valence-electron chi connectivity index (χ4n) is 1.82. The SMILES string of the molecule is N[C@@H]1CCN(C(=O)/C=C/c2ccccc2)C1. The van der Waals surface area contributed by atoms with Crippen LogP contribution in [0.25, 0.3) is 6.08 Å². The lowest BCUT2D eigenvalue weighted by Crippen LogP contribution is -2.30. The van der Waals surface area contributed by atoms with Gasteiger partial charge in [-0.2, -0.15) is 0 Å². The first-order valence-corrected chi connectivity index (χ1v) is 5.53. The minimum absolute atomic E-state index is 0.0526. The Morgan fingerprint density at radius 3 is 2.75 bits per heavy atom. The monoisotopic (exact) mass is 216 g/mol. The van der Waals surface area contributed by atoms with Crippen molar-refractivity contribution in [1.29, 1.82) is 0 Å². The van der Waals surface area contributed by atoms with Crippen molar-refractivity contribution >= 4 is 12.0 Å². The summed E-state index contributed by atoms with van der Waals surface area (Å²) >= 11 is 0. The fraction of sp³-hybridized carbons (Fsp3) is 0.308. The molecule has 1 heterocycles. The van der Waals surface area contributed by atoms with Crippen molar-refractivity contribution in [2.45, 2.75) is 12.5 Å². The van der Waals surface area contributed by atoms with Crippen molar-refractivity contribution in [2.75, 3.05) is 13.1 Å². The van der Waals surface area contributed by atoms with Crippen molar-refractivity contribution in [3.05, 3.63) is 42.0 Å². The lowest BCUT2D eigenvalue weighted by Gasteiger charge is -2.12. The van der Waals surface area contributed by atoms with Crippen molar-refractivity contribution in [3.8, 4) is 0 Å². The Morgan fingerprint density at radius 1 is 1.38 bits per heavy atom. The summed E-state index contributed by atoms with van der Waals surface area (Å²) < 4.78 is 0. The second-order valence-corrected chi connectivity index (χ2v) is 4.08. The molecule has 1 aromatic rings. The average Bonchev–Trinajstić information content (AvgIpc) is 2.74. The Labute approximate surface area is 95.6 Å². The summed E-state index contributed by atoms with van der Waals surface area (Å²) in [6, 6.07) is 9.96. The number of carbonyl (C=O) groups excluding carboxylic acids is 1. The van der Waals surface area contributed by atoms with E-state index in [2.05, 4.69) is 0 Å². The summed E-state index contributed by atoms with van der Waals surface area (Å²) in [4.78, 5) is 13.5. The maximum Gasteiger partial charge on any atom is 0.246 e. The van der Waals surface area contributed by atoms with Gasteiger partial charge in [0, 0.05) is 25.2 Å². The number of hydrogen-bond donors (Lipinski definition) is 1. The van der Waals surface area contributed by atoms with Crippen molar-refractivity contribution in [2.24, 2.45) is 5.73 Å². The Hall–Kier alpha value is -1.61. The van der Waals surface area contributed by atoms with Crippen molar-refractivity contribution in [3.63, 3.8) is 0 Å². The summed E-state index contributed by atoms with van der Waals surface area (Å²) in [6.45, 7) is 1.46. The third-order valence-electron chi connectivity index (χ3n) is 2.75. The average molecular weight is 216 g/mol. The zero-order valence-corrected chi connectivity index (χ0v) is 9.17. The van der Waals surface area contributed by atoms with Gasteiger partial charge >= 0.3 is 0 Å². The van der Waals surface area contributed by atoms with Gasteiger partial charge in [0.1, 0.15) is 0 Å². The number of nitrogens with two attached hydrogens (primary N) is 1. The molecule has 1 fully saturated rings. The van der Waals surface area contributed by atoms with Gasteiger partial charge in [0.2, 0.25) is 5.91 Å². The molecule has 1 aliphatic heterocycles. The standard InChI is InChI=1S/C13H16N2O/c14-12-8-9-15(10-12)13(16)7-6-11-4-2-1-3-5-11/h1-7,12H,8-10,14H2/b7-6+/t12-/m1/s1. The quantitative estimate of drug-likeness (QED) is 0.756. The van der Waals surface area contributed by atoms with Crippen LogP contribution < -0.4 is 5.73 Å². The topological polar surface area (TPSA) is 46.3 Å². The fourth-order valence-corrected chi connectivity index (χ4v) is 1.82. The zero-order chi connectivity index (χ0) is 11.4. The summed E-state index contributed by atoms with van der Waals surface area (Å²) in [7, 11) is 0. The van der Waals surface area contributed by atoms with Gasteiger partial charge in [-0.1, -0.05) is 30.3 Å². The first-order valence-electron chi connectivity index (χ1n) is 5.53. The van der Waals surface area contributed by atoms with Gasteiger partial charge in [-0.25, -0.2) is 0 Å². The Kier molecular flexibility index (Phi) is 3.37. The molecular weight excluding hydrogens is 200 g/mol. The molecule has 0 unspecified atom stereocenters. The molecular formula is C13H16N2O. The highest BCUT2D eigenvalue weighted by Gasteiger charge is 2.21. The third-order valence-corrected chi connectivity index (χ3v) is 2.75. The second-order valence-electron chi connectivity index (χ2n) is 4.08. The van der Waals surface area contributed by atoms with E-state index in [1.54, 1.807) is 11.0 Å². The maximum absolute atomic E-state index is 11.7. The molecule has 16 heavy (non-hydrogen) atoms. The molecule has 3 nitrogen and oxygen atoms in total. The predicted octanol–water partition coefficient (Wildman–Crippen LogP) is 1.26. The van der Waals surface area contributed by atoms with Gasteiger partial charge in [0.05, 0.1) is 0 Å². The molecule has 0 saturated carbocycles. The highest BCUT2D eigenvalue weighted by Crippen LogP contribution is 2.08. The van der Waals surface area contributed by atoms with Crippen LogP contribution in [0.1, 0.15) is 12.0 Å². The molecule has 2 rings (SSSR count). The van der Waals surface area contributed by atoms with E-state index in [-0.39, 0.29) is 11.9 Å². The van der Waals surface area contributed by atoms with Crippen LogP contribution in [0, 0.1) is 0 Å². The first-order chi connectivity index (χ1) is 7.75. The number of nitrogens with zero attached hydrogens (tertiary/aromatic N) is 1. The van der Waals surface area contributed by atoms with Crippen LogP contribution in [0.3, 0.4) is 0 Å². The molecule has 2 N–H and O–H groups in total. The van der Waals surface area contributed by atoms with Gasteiger partial charge in [-0.05, 0) is 18.1 Å². The summed E-state index contributed by atoms with van der Waals surface area (Å²) in [6.07, 6.45) is 4.37. The zero-order valence-electron chi connectivity index (χ0n) is 9.17. The molecule has 1 aliphatic rings. The maximum atomic E-state index is 11.7. The van der Waals surface area contributed by atoms with E-state index in [9.17, 15) is 4.79 Å². The normalized spacial score (nSPS) is 20.6. The number of amides is 1. The van der Waals surface area contributed by atoms with Crippen molar-refractivity contribution in [1.82, 2.24) is 4.90 Å². The molecule has 0 spiro atoms. The number of benzene rings is 1. The van der Waals surface area contributed by atoms with Crippen molar-refractivity contribution < 1.29 is 4.79 Å². The minimum atomic E-state index is 0.0526. The smallest absolute Gasteiger partial charge is 0.246 e. The van der Waals surface area contributed by atoms with E-state index in [0.29, 0.717) is 6.54 Å². The summed E-state index contributed by atoms with van der Waals surface area (Å²) in [5.74, 6) is 0.0526. The molecule has 0 aliphatic carbocycles. The third kappa shape index (κ3) is 2.70. The van der Waals surface area contributed by atoms with Crippen LogP contribution in [0.5, 0.6) is 0 Å². The Bertz CT molecular complexity index is 386. The van der Waals surface area contributed by atoms with Gasteiger partial charge in [0.15, 0.2) is 0 Å². The van der Waals surface area contributed by atoms with E-state index in [1.165, 1.54) is 0 Å². The van der Waals surface area contributed by atoms with Crippen LogP contribution in [-0.2, 0) is 4.79 Å². The van der Waals surface area contributed by atoms with Crippen LogP contribution >= 0.6 is 0 Å². The van der Waals surface area contributed by atoms with Crippen LogP contribution in [0.4, 0.5) is 0 Å². The molecule has 0 bridgehead atoms. The van der Waals surface area contributed by atoms with Gasteiger partial charge in [-0.15, -0.1) is 0 Å². The van der Waals surface area contributed by atoms with Crippen LogP contribution in [-0.4, -0.2) is 29.9 Å². The van der Waals surface area contributed by atoms with Gasteiger partial charge in [-0.3, -0.25) is 4.79 Å². The highest BCUT2D eigenvalue weighted by molar-refractivity contribution is 5.91. The largest absolute Gasteiger partial charge is 0.338 e. The molecule has 1 saturated heterocycles. The Morgan fingerprint density at radius 2 is 2.12 bits per heavy atom. The lowest BCUT2D eigenvalue weighted by atomic mass is 10.2. The number of carbonyl (C=O) groups is 1. The highest BCUT2D eigenvalue weighted by atomic mass is 16.2. The van der Waals surface area contributed by atoms with Gasteiger partial charge < -0.3 is 10.6 Å². The predicted molar refractivity (Wildman–Crippen MR) is 64.6 cm³/mol. The molecule has 1 atom stereocenters. The number of rotatable bonds is 2. The second kappa shape index (κ2) is 4.94. The van der Waals surface area contributed by atoms with Crippen LogP contribution in [0.15, 0.2) is 36.4 Å². The molecule has 1 aromatic carbocycles. The molecule has 84 valence electrons. The lowest BCUT2D eigenvalue weighted by molar-refractivity contribution is -0.124. The number of likely N-dealkylation sites (tertiary alicyclic amines) is 1. The van der Waals surface area contributed by atoms with E-state index in [0.717, 1.165) is 18.5 Å². The van der Waals surface area contributed by atoms with E-state index in [1.807, 2.05) is 36.4 Å². The Balaban J connectivity index is 1.95. The molecule has 0 radical (unpaired) electrons. The summed E-state index contributed by atoms with van der Waals surface area (Å²) in [5, 5.41) is 0. The van der Waals surface area contributed by atoms with E-state index >= 15 is 0 Å². The number of hydrogen-bond acceptors (Lipinski definition) is 2.